The maximum absolute atomic E-state index is 12.3. The molecular weight excluding hydrogens is 381 g/mol. The molecule has 0 radical (unpaired) electrons. The smallest absolute Gasteiger partial charge is 0.367 e. The number of halogens is 5. The number of amidine groups is 1. The third-order valence-electron chi connectivity index (χ3n) is 2.62. The molecule has 1 atom stereocenters. The zero-order valence-electron chi connectivity index (χ0n) is 9.33. The van der Waals surface area contributed by atoms with Gasteiger partial charge in [-0.2, -0.15) is 13.2 Å². The van der Waals surface area contributed by atoms with Crippen LogP contribution in [0.15, 0.2) is 27.3 Å². The van der Waals surface area contributed by atoms with Crippen LogP contribution in [0.5, 0.6) is 0 Å². The Morgan fingerprint density at radius 1 is 1.50 bits per heavy atom. The van der Waals surface area contributed by atoms with Crippen molar-refractivity contribution in [2.24, 2.45) is 4.99 Å². The second-order valence-electron chi connectivity index (χ2n) is 4.10. The summed E-state index contributed by atoms with van der Waals surface area (Å²) in [5, 5.41) is 9.84. The van der Waals surface area contributed by atoms with E-state index in [-0.39, 0.29) is 23.5 Å². The maximum Gasteiger partial charge on any atom is 0.393 e. The summed E-state index contributed by atoms with van der Waals surface area (Å²) in [6.07, 6.45) is -2.50. The van der Waals surface area contributed by atoms with E-state index < -0.39 is 18.3 Å². The molecule has 0 bridgehead atoms. The highest BCUT2D eigenvalue weighted by Crippen LogP contribution is 2.36. The minimum atomic E-state index is -4.44. The van der Waals surface area contributed by atoms with E-state index in [9.17, 15) is 18.3 Å². The standard InChI is InChI=1S/C10H10BrF3N2O.BrH/c1-6-7(11)2-3-8-15-9(17,5-16(6)8)4-10(12,13)14;/h2-3,17H,4-5H2,1H3;1H. The van der Waals surface area contributed by atoms with Crippen molar-refractivity contribution in [1.82, 2.24) is 4.90 Å². The lowest BCUT2D eigenvalue weighted by Gasteiger charge is -2.26. The molecule has 2 aliphatic rings. The zero-order chi connectivity index (χ0) is 12.8. The molecule has 8 heteroatoms. The van der Waals surface area contributed by atoms with Crippen LogP contribution in [-0.4, -0.2) is 34.3 Å². The molecule has 0 aliphatic carbocycles. The number of fused-ring (bicyclic) bond motifs is 1. The third kappa shape index (κ3) is 3.16. The first-order chi connectivity index (χ1) is 7.70. The molecule has 0 aromatic heterocycles. The van der Waals surface area contributed by atoms with Crippen molar-refractivity contribution >= 4 is 38.7 Å². The lowest BCUT2D eigenvalue weighted by molar-refractivity contribution is -0.173. The second kappa shape index (κ2) is 4.97. The van der Waals surface area contributed by atoms with Gasteiger partial charge in [0.15, 0.2) is 5.72 Å². The van der Waals surface area contributed by atoms with Crippen molar-refractivity contribution in [1.29, 1.82) is 0 Å². The van der Waals surface area contributed by atoms with E-state index in [0.29, 0.717) is 5.84 Å². The fourth-order valence-electron chi connectivity index (χ4n) is 1.87. The van der Waals surface area contributed by atoms with Crippen LogP contribution in [0.4, 0.5) is 13.2 Å². The average molecular weight is 392 g/mol. The van der Waals surface area contributed by atoms with Crippen molar-refractivity contribution in [3.63, 3.8) is 0 Å². The number of hydrogen-bond donors (Lipinski definition) is 1. The van der Waals surface area contributed by atoms with E-state index in [4.69, 9.17) is 0 Å². The second-order valence-corrected chi connectivity index (χ2v) is 4.95. The van der Waals surface area contributed by atoms with Crippen LogP contribution in [0.1, 0.15) is 13.3 Å². The van der Waals surface area contributed by atoms with Crippen molar-refractivity contribution in [3.8, 4) is 0 Å². The molecule has 102 valence electrons. The molecule has 1 N–H and O–H groups in total. The first-order valence-electron chi connectivity index (χ1n) is 4.91. The van der Waals surface area contributed by atoms with Crippen LogP contribution >= 0.6 is 32.9 Å². The molecule has 0 fully saturated rings. The highest BCUT2D eigenvalue weighted by atomic mass is 79.9. The van der Waals surface area contributed by atoms with Crippen LogP contribution in [0.25, 0.3) is 0 Å². The summed E-state index contributed by atoms with van der Waals surface area (Å²) in [6.45, 7) is 1.58. The van der Waals surface area contributed by atoms with Crippen LogP contribution < -0.4 is 0 Å². The van der Waals surface area contributed by atoms with Gasteiger partial charge >= 0.3 is 6.18 Å². The van der Waals surface area contributed by atoms with Crippen LogP contribution in [0.2, 0.25) is 0 Å². The van der Waals surface area contributed by atoms with Crippen molar-refractivity contribution in [3.05, 3.63) is 22.3 Å². The first kappa shape index (κ1) is 15.7. The van der Waals surface area contributed by atoms with Crippen LogP contribution in [0, 0.1) is 0 Å². The molecule has 2 heterocycles. The summed E-state index contributed by atoms with van der Waals surface area (Å²) >= 11 is 3.28. The molecule has 1 unspecified atom stereocenters. The zero-order valence-corrected chi connectivity index (χ0v) is 12.6. The fraction of sp³-hybridized carbons (Fsp3) is 0.500. The Labute approximate surface area is 121 Å². The average Bonchev–Trinajstić information content (AvgIpc) is 2.46. The van der Waals surface area contributed by atoms with Crippen molar-refractivity contribution < 1.29 is 18.3 Å². The molecule has 0 spiro atoms. The number of alkyl halides is 3. The number of hydrogen-bond acceptors (Lipinski definition) is 3. The van der Waals surface area contributed by atoms with Gasteiger partial charge in [-0.1, -0.05) is 0 Å². The summed E-state index contributed by atoms with van der Waals surface area (Å²) in [6, 6.07) is 0. The van der Waals surface area contributed by atoms with E-state index in [2.05, 4.69) is 20.9 Å². The maximum atomic E-state index is 12.3. The van der Waals surface area contributed by atoms with E-state index >= 15 is 0 Å². The summed E-state index contributed by atoms with van der Waals surface area (Å²) in [4.78, 5) is 5.31. The minimum absolute atomic E-state index is 0. The molecule has 0 saturated heterocycles. The number of allylic oxidation sites excluding steroid dienone is 3. The van der Waals surface area contributed by atoms with Gasteiger partial charge in [0, 0.05) is 10.2 Å². The number of aliphatic imine (C=N–C) groups is 1. The van der Waals surface area contributed by atoms with Crippen LogP contribution in [-0.2, 0) is 0 Å². The van der Waals surface area contributed by atoms with Gasteiger partial charge in [-0.15, -0.1) is 17.0 Å². The first-order valence-corrected chi connectivity index (χ1v) is 5.70. The fourth-order valence-corrected chi connectivity index (χ4v) is 2.22. The van der Waals surface area contributed by atoms with Gasteiger partial charge in [0.25, 0.3) is 0 Å². The molecule has 0 saturated carbocycles. The van der Waals surface area contributed by atoms with Crippen LogP contribution in [0.3, 0.4) is 0 Å². The molecule has 0 amide bonds. The monoisotopic (exact) mass is 390 g/mol. The summed E-state index contributed by atoms with van der Waals surface area (Å²) in [5.41, 5.74) is -1.35. The van der Waals surface area contributed by atoms with Gasteiger partial charge in [-0.25, -0.2) is 4.99 Å². The predicted molar refractivity (Wildman–Crippen MR) is 70.9 cm³/mol. The van der Waals surface area contributed by atoms with Crippen molar-refractivity contribution in [2.45, 2.75) is 25.2 Å². The Hall–Kier alpha value is -0.340. The Bertz CT molecular complexity index is 445. The number of aliphatic hydroxyl groups is 1. The van der Waals surface area contributed by atoms with Crippen molar-refractivity contribution in [2.75, 3.05) is 6.54 Å². The molecule has 3 nitrogen and oxygen atoms in total. The number of rotatable bonds is 1. The molecule has 0 aromatic carbocycles. The largest absolute Gasteiger partial charge is 0.393 e. The molecule has 0 aromatic rings. The highest BCUT2D eigenvalue weighted by Gasteiger charge is 2.46. The third-order valence-corrected chi connectivity index (χ3v) is 3.46. The van der Waals surface area contributed by atoms with E-state index in [1.807, 2.05) is 0 Å². The summed E-state index contributed by atoms with van der Waals surface area (Å²) < 4.78 is 37.7. The molecule has 2 aliphatic heterocycles. The quantitative estimate of drug-likeness (QED) is 0.745. The Kier molecular flexibility index (Phi) is 4.34. The van der Waals surface area contributed by atoms with Gasteiger partial charge in [0.2, 0.25) is 0 Å². The Balaban J connectivity index is 0.00000162. The SMILES string of the molecule is Br.CC1=C(Br)C=CC2=NC(O)(CC(F)(F)F)CN21. The summed E-state index contributed by atoms with van der Waals surface area (Å²) in [7, 11) is 0. The topological polar surface area (TPSA) is 35.8 Å². The van der Waals surface area contributed by atoms with E-state index in [1.165, 1.54) is 0 Å². The van der Waals surface area contributed by atoms with E-state index in [1.54, 1.807) is 24.0 Å². The molecule has 18 heavy (non-hydrogen) atoms. The lowest BCUT2D eigenvalue weighted by Crippen LogP contribution is -2.39. The normalized spacial score (nSPS) is 27.0. The Morgan fingerprint density at radius 2 is 2.11 bits per heavy atom. The Morgan fingerprint density at radius 3 is 2.67 bits per heavy atom. The van der Waals surface area contributed by atoms with Gasteiger partial charge in [0.1, 0.15) is 5.84 Å². The lowest BCUT2D eigenvalue weighted by atomic mass is 10.1. The van der Waals surface area contributed by atoms with Gasteiger partial charge in [-0.3, -0.25) is 0 Å². The van der Waals surface area contributed by atoms with Gasteiger partial charge in [0.05, 0.1) is 13.0 Å². The van der Waals surface area contributed by atoms with E-state index in [0.717, 1.165) is 10.2 Å². The molecule has 2 rings (SSSR count). The number of nitrogens with zero attached hydrogens (tertiary/aromatic N) is 2. The molecular formula is C10H11Br2F3N2O. The predicted octanol–water partition coefficient (Wildman–Crippen LogP) is 3.12. The minimum Gasteiger partial charge on any atom is -0.367 e. The van der Waals surface area contributed by atoms with Gasteiger partial charge in [-0.05, 0) is 35.0 Å². The summed E-state index contributed by atoms with van der Waals surface area (Å²) in [5.74, 6) is 0.359. The highest BCUT2D eigenvalue weighted by molar-refractivity contribution is 9.11. The van der Waals surface area contributed by atoms with Gasteiger partial charge < -0.3 is 10.0 Å².